The minimum Gasteiger partial charge on any atom is -0.439 e. The first-order chi connectivity index (χ1) is 10.7. The number of aromatic nitrogens is 1. The van der Waals surface area contributed by atoms with Gasteiger partial charge in [0.1, 0.15) is 5.75 Å². The summed E-state index contributed by atoms with van der Waals surface area (Å²) in [6.45, 7) is 1.26. The maximum Gasteiger partial charge on any atom is 0.252 e. The largest absolute Gasteiger partial charge is 0.439 e. The number of hydrogen-bond donors (Lipinski definition) is 2. The van der Waals surface area contributed by atoms with Crippen LogP contribution in [0.3, 0.4) is 0 Å². The molecule has 0 aliphatic rings. The summed E-state index contributed by atoms with van der Waals surface area (Å²) >= 11 is 3.38. The molecule has 0 unspecified atom stereocenters. The lowest BCUT2D eigenvalue weighted by Crippen LogP contribution is -2.24. The summed E-state index contributed by atoms with van der Waals surface area (Å²) in [6, 6.07) is 10.8. The van der Waals surface area contributed by atoms with E-state index in [0.29, 0.717) is 30.3 Å². The van der Waals surface area contributed by atoms with E-state index in [0.717, 1.165) is 17.3 Å². The molecule has 1 heterocycles. The molecule has 0 saturated heterocycles. The highest BCUT2D eigenvalue weighted by molar-refractivity contribution is 9.10. The Bertz CT molecular complexity index is 627. The molecule has 0 spiro atoms. The highest BCUT2D eigenvalue weighted by atomic mass is 79.9. The average Bonchev–Trinajstić information content (AvgIpc) is 2.52. The van der Waals surface area contributed by atoms with Crippen LogP contribution in [0.1, 0.15) is 23.2 Å². The molecule has 1 amide bonds. The van der Waals surface area contributed by atoms with Gasteiger partial charge in [-0.1, -0.05) is 22.0 Å². The van der Waals surface area contributed by atoms with Crippen LogP contribution < -0.4 is 15.8 Å². The number of carbonyl (C=O) groups is 1. The first-order valence-electron chi connectivity index (χ1n) is 7.07. The van der Waals surface area contributed by atoms with Crippen LogP contribution in [0, 0.1) is 0 Å². The zero-order valence-electron chi connectivity index (χ0n) is 12.9. The number of nitrogens with two attached hydrogens (primary N) is 1. The number of hydrogen-bond acceptors (Lipinski definition) is 4. The Morgan fingerprint density at radius 3 is 2.62 bits per heavy atom. The van der Waals surface area contributed by atoms with Gasteiger partial charge in [0.2, 0.25) is 5.88 Å². The lowest BCUT2D eigenvalue weighted by atomic mass is 10.2. The van der Waals surface area contributed by atoms with Crippen LogP contribution in [0.2, 0.25) is 0 Å². The molecule has 0 saturated carbocycles. The fourth-order valence-corrected chi connectivity index (χ4v) is 2.18. The second kappa shape index (κ2) is 12.1. The molecule has 132 valence electrons. The van der Waals surface area contributed by atoms with E-state index >= 15 is 0 Å². The number of benzene rings is 1. The lowest BCUT2D eigenvalue weighted by molar-refractivity contribution is 0.0952. The molecule has 5 nitrogen and oxygen atoms in total. The summed E-state index contributed by atoms with van der Waals surface area (Å²) in [5, 5.41) is 2.83. The maximum atomic E-state index is 11.9. The summed E-state index contributed by atoms with van der Waals surface area (Å²) in [5.41, 5.74) is 5.91. The van der Waals surface area contributed by atoms with Gasteiger partial charge in [0.05, 0.1) is 5.56 Å². The third kappa shape index (κ3) is 7.49. The van der Waals surface area contributed by atoms with E-state index in [-0.39, 0.29) is 30.7 Å². The van der Waals surface area contributed by atoms with Crippen molar-refractivity contribution in [2.45, 2.75) is 12.8 Å². The SMILES string of the molecule is Cl.Cl.NCCCCNC(=O)c1ccc(Oc2cccc(Br)c2)nc1. The van der Waals surface area contributed by atoms with Crippen LogP contribution in [0.5, 0.6) is 11.6 Å². The standard InChI is InChI=1S/C16H18BrN3O2.2ClH/c17-13-4-3-5-14(10-13)22-15-7-6-12(11-20-15)16(21)19-9-2-1-8-18;;/h3-7,10-11H,1-2,8-9,18H2,(H,19,21);2*1H. The van der Waals surface area contributed by atoms with Crippen molar-refractivity contribution >= 4 is 46.7 Å². The first kappa shape index (κ1) is 22.7. The molecular weight excluding hydrogens is 417 g/mol. The Labute approximate surface area is 162 Å². The maximum absolute atomic E-state index is 11.9. The number of nitrogens with zero attached hydrogens (tertiary/aromatic N) is 1. The van der Waals surface area contributed by atoms with E-state index in [1.165, 1.54) is 6.20 Å². The van der Waals surface area contributed by atoms with Gasteiger partial charge in [0, 0.05) is 23.3 Å². The lowest BCUT2D eigenvalue weighted by Gasteiger charge is -2.07. The molecule has 0 radical (unpaired) electrons. The molecule has 3 N–H and O–H groups in total. The number of halogens is 3. The fourth-order valence-electron chi connectivity index (χ4n) is 1.80. The number of amides is 1. The molecule has 0 fully saturated rings. The molecule has 8 heteroatoms. The molecule has 1 aromatic carbocycles. The Morgan fingerprint density at radius 2 is 2.00 bits per heavy atom. The normalized spacial score (nSPS) is 9.42. The van der Waals surface area contributed by atoms with Crippen LogP contribution in [0.15, 0.2) is 47.1 Å². The summed E-state index contributed by atoms with van der Waals surface area (Å²) in [6.07, 6.45) is 3.28. The summed E-state index contributed by atoms with van der Waals surface area (Å²) in [4.78, 5) is 16.0. The predicted molar refractivity (Wildman–Crippen MR) is 104 cm³/mol. The molecule has 0 aliphatic heterocycles. The summed E-state index contributed by atoms with van der Waals surface area (Å²) < 4.78 is 6.55. The fraction of sp³-hybridized carbons (Fsp3) is 0.250. The number of unbranched alkanes of at least 4 members (excludes halogenated alkanes) is 1. The van der Waals surface area contributed by atoms with Gasteiger partial charge in [0.15, 0.2) is 0 Å². The summed E-state index contributed by atoms with van der Waals surface area (Å²) in [5.74, 6) is 0.983. The van der Waals surface area contributed by atoms with Crippen molar-refractivity contribution in [2.75, 3.05) is 13.1 Å². The van der Waals surface area contributed by atoms with Gasteiger partial charge in [-0.2, -0.15) is 0 Å². The second-order valence-electron chi connectivity index (χ2n) is 4.70. The van der Waals surface area contributed by atoms with Gasteiger partial charge in [-0.05, 0) is 43.7 Å². The van der Waals surface area contributed by atoms with Crippen LogP contribution in [0.25, 0.3) is 0 Å². The Hall–Kier alpha value is -1.34. The second-order valence-corrected chi connectivity index (χ2v) is 5.61. The first-order valence-corrected chi connectivity index (χ1v) is 7.86. The number of pyridine rings is 1. The number of rotatable bonds is 7. The zero-order valence-corrected chi connectivity index (χ0v) is 16.1. The molecule has 0 bridgehead atoms. The third-order valence-corrected chi connectivity index (χ3v) is 3.43. The predicted octanol–water partition coefficient (Wildman–Crippen LogP) is 3.95. The van der Waals surface area contributed by atoms with Crippen molar-refractivity contribution in [3.63, 3.8) is 0 Å². The Morgan fingerprint density at radius 1 is 1.21 bits per heavy atom. The smallest absolute Gasteiger partial charge is 0.252 e. The molecule has 0 aliphatic carbocycles. The van der Waals surface area contributed by atoms with E-state index in [2.05, 4.69) is 26.2 Å². The van der Waals surface area contributed by atoms with E-state index in [9.17, 15) is 4.79 Å². The van der Waals surface area contributed by atoms with Gasteiger partial charge in [-0.3, -0.25) is 4.79 Å². The highest BCUT2D eigenvalue weighted by Crippen LogP contribution is 2.22. The molecule has 2 aromatic rings. The van der Waals surface area contributed by atoms with E-state index in [1.807, 2.05) is 24.3 Å². The van der Waals surface area contributed by atoms with Crippen molar-refractivity contribution in [3.05, 3.63) is 52.6 Å². The third-order valence-electron chi connectivity index (χ3n) is 2.93. The minimum atomic E-state index is -0.140. The number of nitrogens with one attached hydrogen (secondary N) is 1. The summed E-state index contributed by atoms with van der Waals surface area (Å²) in [7, 11) is 0. The van der Waals surface area contributed by atoms with E-state index < -0.39 is 0 Å². The number of carbonyl (C=O) groups excluding carboxylic acids is 1. The van der Waals surface area contributed by atoms with Crippen LogP contribution in [0.4, 0.5) is 0 Å². The van der Waals surface area contributed by atoms with Crippen molar-refractivity contribution in [2.24, 2.45) is 5.73 Å². The van der Waals surface area contributed by atoms with Crippen molar-refractivity contribution in [3.8, 4) is 11.6 Å². The van der Waals surface area contributed by atoms with E-state index in [4.69, 9.17) is 10.5 Å². The molecular formula is C16H20BrCl2N3O2. The zero-order chi connectivity index (χ0) is 15.8. The van der Waals surface area contributed by atoms with E-state index in [1.54, 1.807) is 12.1 Å². The van der Waals surface area contributed by atoms with Crippen LogP contribution in [-0.4, -0.2) is 24.0 Å². The van der Waals surface area contributed by atoms with Gasteiger partial charge in [-0.25, -0.2) is 4.98 Å². The molecule has 2 rings (SSSR count). The van der Waals surface area contributed by atoms with Crippen molar-refractivity contribution < 1.29 is 9.53 Å². The van der Waals surface area contributed by atoms with Crippen LogP contribution >= 0.6 is 40.7 Å². The van der Waals surface area contributed by atoms with Gasteiger partial charge in [0.25, 0.3) is 5.91 Å². The molecule has 24 heavy (non-hydrogen) atoms. The van der Waals surface area contributed by atoms with Gasteiger partial charge < -0.3 is 15.8 Å². The van der Waals surface area contributed by atoms with Gasteiger partial charge >= 0.3 is 0 Å². The van der Waals surface area contributed by atoms with Gasteiger partial charge in [-0.15, -0.1) is 24.8 Å². The van der Waals surface area contributed by atoms with Crippen LogP contribution in [-0.2, 0) is 0 Å². The topological polar surface area (TPSA) is 77.2 Å². The van der Waals surface area contributed by atoms with Crippen molar-refractivity contribution in [1.82, 2.24) is 10.3 Å². The highest BCUT2D eigenvalue weighted by Gasteiger charge is 2.06. The monoisotopic (exact) mass is 435 g/mol. The number of ether oxygens (including phenoxy) is 1. The molecule has 0 atom stereocenters. The average molecular weight is 437 g/mol. The quantitative estimate of drug-likeness (QED) is 0.644. The van der Waals surface area contributed by atoms with Crippen molar-refractivity contribution in [1.29, 1.82) is 0 Å². The Balaban J connectivity index is 0.00000264. The Kier molecular flexibility index (Phi) is 11.4. The molecule has 1 aromatic heterocycles. The minimum absolute atomic E-state index is 0.